The van der Waals surface area contributed by atoms with Gasteiger partial charge < -0.3 is 10.6 Å². The van der Waals surface area contributed by atoms with Crippen molar-refractivity contribution in [3.05, 3.63) is 0 Å². The van der Waals surface area contributed by atoms with E-state index in [1.165, 1.54) is 0 Å². The number of hydrogen-bond donors (Lipinski definition) is 2. The highest BCUT2D eigenvalue weighted by Gasteiger charge is 2.22. The lowest BCUT2D eigenvalue weighted by Crippen LogP contribution is -2.15. The van der Waals surface area contributed by atoms with Crippen LogP contribution in [0.5, 0.6) is 0 Å². The van der Waals surface area contributed by atoms with Gasteiger partial charge in [0.05, 0.1) is 0 Å². The Morgan fingerprint density at radius 2 is 2.30 bits per heavy atom. The molecule has 0 bridgehead atoms. The molecule has 0 radical (unpaired) electrons. The van der Waals surface area contributed by atoms with Crippen LogP contribution < -0.4 is 5.73 Å². The second-order valence-electron chi connectivity index (χ2n) is 3.04. The van der Waals surface area contributed by atoms with Gasteiger partial charge in [-0.2, -0.15) is 0 Å². The van der Waals surface area contributed by atoms with E-state index in [2.05, 4.69) is 0 Å². The van der Waals surface area contributed by atoms with Crippen molar-refractivity contribution in [2.45, 2.75) is 25.3 Å². The Bertz CT molecular complexity index is 140. The molecule has 3 nitrogen and oxygen atoms in total. The molecule has 3 N–H and O–H groups in total. The summed E-state index contributed by atoms with van der Waals surface area (Å²) in [7, 11) is -2.25. The van der Waals surface area contributed by atoms with E-state index >= 15 is 0 Å². The van der Waals surface area contributed by atoms with Crippen LogP contribution in [0.2, 0.25) is 0 Å². The zero-order valence-corrected chi connectivity index (χ0v) is 6.92. The number of nitrogens with two attached hydrogens (primary N) is 1. The first-order valence-corrected chi connectivity index (χ1v) is 5.22. The summed E-state index contributed by atoms with van der Waals surface area (Å²) in [6.07, 6.45) is 3.49. The van der Waals surface area contributed by atoms with Crippen molar-refractivity contribution in [1.82, 2.24) is 0 Å². The van der Waals surface area contributed by atoms with Crippen molar-refractivity contribution >= 4 is 8.03 Å². The summed E-state index contributed by atoms with van der Waals surface area (Å²) in [6, 6.07) is 0.284. The van der Waals surface area contributed by atoms with Crippen molar-refractivity contribution in [2.24, 2.45) is 11.7 Å². The standard InChI is InChI=1S/C6H14NO2P/c7-6-2-1-5(3-6)4-10(8)9/h5-6,10H,1-4,7H2,(H,8,9)/t5?,6-/m0/s1. The van der Waals surface area contributed by atoms with E-state index < -0.39 is 8.03 Å². The minimum absolute atomic E-state index is 0.284. The maximum atomic E-state index is 10.4. The van der Waals surface area contributed by atoms with E-state index in [0.29, 0.717) is 12.1 Å². The van der Waals surface area contributed by atoms with Gasteiger partial charge in [0.1, 0.15) is 0 Å². The highest BCUT2D eigenvalue weighted by Crippen LogP contribution is 2.30. The molecule has 0 amide bonds. The number of hydrogen-bond acceptors (Lipinski definition) is 2. The molecule has 0 spiro atoms. The molecule has 1 fully saturated rings. The third-order valence-electron chi connectivity index (χ3n) is 2.05. The van der Waals surface area contributed by atoms with Gasteiger partial charge >= 0.3 is 0 Å². The van der Waals surface area contributed by atoms with Crippen LogP contribution in [0.25, 0.3) is 0 Å². The monoisotopic (exact) mass is 163 g/mol. The first-order valence-electron chi connectivity index (χ1n) is 3.66. The normalized spacial score (nSPS) is 36.2. The highest BCUT2D eigenvalue weighted by molar-refractivity contribution is 7.38. The molecule has 10 heavy (non-hydrogen) atoms. The summed E-state index contributed by atoms with van der Waals surface area (Å²) < 4.78 is 10.4. The molecule has 1 rings (SSSR count). The van der Waals surface area contributed by atoms with E-state index in [-0.39, 0.29) is 6.04 Å². The summed E-state index contributed by atoms with van der Waals surface area (Å²) in [6.45, 7) is 0. The molecule has 0 aromatic rings. The third-order valence-corrected chi connectivity index (χ3v) is 2.97. The van der Waals surface area contributed by atoms with Gasteiger partial charge in [0.15, 0.2) is 8.03 Å². The molecule has 1 aliphatic rings. The molecule has 4 heteroatoms. The average molecular weight is 163 g/mol. The Morgan fingerprint density at radius 1 is 1.60 bits per heavy atom. The molecular formula is C6H14NO2P. The maximum absolute atomic E-state index is 10.4. The zero-order chi connectivity index (χ0) is 7.56. The van der Waals surface area contributed by atoms with Crippen LogP contribution in [0.15, 0.2) is 0 Å². The Kier molecular flexibility index (Phi) is 2.90. The quantitative estimate of drug-likeness (QED) is 0.585. The predicted octanol–water partition coefficient (Wildman–Crippen LogP) is 0.581. The first kappa shape index (κ1) is 8.25. The van der Waals surface area contributed by atoms with Gasteiger partial charge in [-0.3, -0.25) is 4.57 Å². The predicted molar refractivity (Wildman–Crippen MR) is 41.4 cm³/mol. The lowest BCUT2D eigenvalue weighted by Gasteiger charge is -2.04. The SMILES string of the molecule is N[C@H]1CCC(C[PH](=O)O)C1. The van der Waals surface area contributed by atoms with E-state index in [0.717, 1.165) is 19.3 Å². The van der Waals surface area contributed by atoms with Gasteiger partial charge in [-0.15, -0.1) is 0 Å². The molecule has 3 atom stereocenters. The van der Waals surface area contributed by atoms with Crippen LogP contribution in [0.4, 0.5) is 0 Å². The van der Waals surface area contributed by atoms with E-state index in [4.69, 9.17) is 10.6 Å². The molecule has 0 saturated heterocycles. The minimum Gasteiger partial charge on any atom is -0.346 e. The third kappa shape index (κ3) is 2.41. The molecular weight excluding hydrogens is 149 g/mol. The molecule has 0 aliphatic heterocycles. The van der Waals surface area contributed by atoms with Gasteiger partial charge in [-0.05, 0) is 25.2 Å². The minimum atomic E-state index is -2.25. The average Bonchev–Trinajstić information content (AvgIpc) is 2.13. The van der Waals surface area contributed by atoms with Gasteiger partial charge in [0.25, 0.3) is 0 Å². The fourth-order valence-corrected chi connectivity index (χ4v) is 2.41. The van der Waals surface area contributed by atoms with Gasteiger partial charge in [0, 0.05) is 12.2 Å². The summed E-state index contributed by atoms with van der Waals surface area (Å²) in [4.78, 5) is 8.60. The van der Waals surface area contributed by atoms with E-state index in [9.17, 15) is 4.57 Å². The smallest absolute Gasteiger partial charge is 0.189 e. The molecule has 60 valence electrons. The Labute approximate surface area is 61.5 Å². The molecule has 1 saturated carbocycles. The number of rotatable bonds is 2. The maximum Gasteiger partial charge on any atom is 0.189 e. The fourth-order valence-electron chi connectivity index (χ4n) is 1.55. The second kappa shape index (κ2) is 3.51. The molecule has 0 aromatic carbocycles. The lowest BCUT2D eigenvalue weighted by molar-refractivity contribution is 0.483. The van der Waals surface area contributed by atoms with Crippen LogP contribution in [-0.4, -0.2) is 17.1 Å². The molecule has 2 unspecified atom stereocenters. The summed E-state index contributed by atoms with van der Waals surface area (Å²) in [5.41, 5.74) is 5.63. The van der Waals surface area contributed by atoms with Gasteiger partial charge in [-0.1, -0.05) is 0 Å². The summed E-state index contributed by atoms with van der Waals surface area (Å²) in [5, 5.41) is 0. The summed E-state index contributed by atoms with van der Waals surface area (Å²) >= 11 is 0. The van der Waals surface area contributed by atoms with Crippen molar-refractivity contribution in [3.63, 3.8) is 0 Å². The largest absolute Gasteiger partial charge is 0.346 e. The van der Waals surface area contributed by atoms with Crippen molar-refractivity contribution < 1.29 is 9.46 Å². The van der Waals surface area contributed by atoms with Crippen LogP contribution >= 0.6 is 8.03 Å². The Morgan fingerprint density at radius 3 is 2.70 bits per heavy atom. The topological polar surface area (TPSA) is 63.3 Å². The van der Waals surface area contributed by atoms with Crippen molar-refractivity contribution in [2.75, 3.05) is 6.16 Å². The van der Waals surface area contributed by atoms with Crippen LogP contribution in [-0.2, 0) is 4.57 Å². The van der Waals surface area contributed by atoms with Crippen molar-refractivity contribution in [1.29, 1.82) is 0 Å². The molecule has 1 aliphatic carbocycles. The van der Waals surface area contributed by atoms with Crippen molar-refractivity contribution in [3.8, 4) is 0 Å². The Hall–Kier alpha value is 0.150. The highest BCUT2D eigenvalue weighted by atomic mass is 31.1. The van der Waals surface area contributed by atoms with Gasteiger partial charge in [0.2, 0.25) is 0 Å². The molecule has 0 heterocycles. The van der Waals surface area contributed by atoms with E-state index in [1.807, 2.05) is 0 Å². The van der Waals surface area contributed by atoms with E-state index in [1.54, 1.807) is 0 Å². The fraction of sp³-hybridized carbons (Fsp3) is 1.00. The van der Waals surface area contributed by atoms with Crippen LogP contribution in [0.1, 0.15) is 19.3 Å². The molecule has 0 aromatic heterocycles. The first-order chi connectivity index (χ1) is 4.68. The Balaban J connectivity index is 2.24. The summed E-state index contributed by atoms with van der Waals surface area (Å²) in [5.74, 6) is 0.423. The zero-order valence-electron chi connectivity index (χ0n) is 5.92. The van der Waals surface area contributed by atoms with Crippen LogP contribution in [0.3, 0.4) is 0 Å². The second-order valence-corrected chi connectivity index (χ2v) is 4.23. The van der Waals surface area contributed by atoms with Gasteiger partial charge in [-0.25, -0.2) is 0 Å². The lowest BCUT2D eigenvalue weighted by atomic mass is 10.1. The van der Waals surface area contributed by atoms with Crippen LogP contribution in [0, 0.1) is 5.92 Å².